The number of carbonyl (C=O) groups excluding carboxylic acids is 1. The molecular formula is C12H20N4O. The molecule has 0 spiro atoms. The number of nitrogens with one attached hydrogen (secondary N) is 3. The lowest BCUT2D eigenvalue weighted by Gasteiger charge is -2.35. The average Bonchev–Trinajstić information content (AvgIpc) is 2.83. The summed E-state index contributed by atoms with van der Waals surface area (Å²) in [6.07, 6.45) is 7.31. The predicted molar refractivity (Wildman–Crippen MR) is 66.7 cm³/mol. The fraction of sp³-hybridized carbons (Fsp3) is 0.667. The summed E-state index contributed by atoms with van der Waals surface area (Å²) in [5, 5.41) is 6.20. The van der Waals surface area contributed by atoms with Gasteiger partial charge in [0.25, 0.3) is 0 Å². The molecule has 0 aliphatic carbocycles. The number of rotatable bonds is 4. The van der Waals surface area contributed by atoms with Crippen molar-refractivity contribution in [1.29, 1.82) is 0 Å². The van der Waals surface area contributed by atoms with E-state index in [-0.39, 0.29) is 11.3 Å². The molecule has 3 N–H and O–H groups in total. The zero-order valence-electron chi connectivity index (χ0n) is 10.3. The molecule has 94 valence electrons. The lowest BCUT2D eigenvalue weighted by molar-refractivity contribution is -0.127. The molecule has 5 nitrogen and oxygen atoms in total. The van der Waals surface area contributed by atoms with Crippen molar-refractivity contribution in [2.75, 3.05) is 18.4 Å². The van der Waals surface area contributed by atoms with Crippen LogP contribution in [0, 0.1) is 5.41 Å². The quantitative estimate of drug-likeness (QED) is 0.742. The highest BCUT2D eigenvalue weighted by Crippen LogP contribution is 2.32. The number of aromatic amines is 1. The van der Waals surface area contributed by atoms with E-state index in [2.05, 4.69) is 27.5 Å². The van der Waals surface area contributed by atoms with Gasteiger partial charge in [-0.15, -0.1) is 0 Å². The third kappa shape index (κ3) is 2.66. The molecule has 5 heteroatoms. The third-order valence-electron chi connectivity index (χ3n) is 3.41. The van der Waals surface area contributed by atoms with Gasteiger partial charge < -0.3 is 10.3 Å². The number of nitrogens with zero attached hydrogens (tertiary/aromatic N) is 1. The Hall–Kier alpha value is -1.36. The van der Waals surface area contributed by atoms with E-state index in [0.717, 1.165) is 38.8 Å². The summed E-state index contributed by atoms with van der Waals surface area (Å²) in [4.78, 5) is 19.3. The lowest BCUT2D eigenvalue weighted by atomic mass is 9.76. The van der Waals surface area contributed by atoms with Gasteiger partial charge in [-0.25, -0.2) is 4.98 Å². The van der Waals surface area contributed by atoms with Crippen LogP contribution < -0.4 is 10.6 Å². The molecule has 1 aromatic rings. The van der Waals surface area contributed by atoms with Crippen molar-refractivity contribution in [1.82, 2.24) is 15.3 Å². The minimum atomic E-state index is -0.264. The van der Waals surface area contributed by atoms with Crippen molar-refractivity contribution in [3.63, 3.8) is 0 Å². The van der Waals surface area contributed by atoms with Crippen LogP contribution in [-0.4, -0.2) is 29.0 Å². The van der Waals surface area contributed by atoms with Crippen molar-refractivity contribution < 1.29 is 4.79 Å². The predicted octanol–water partition coefficient (Wildman–Crippen LogP) is 1.52. The number of H-pyrrole nitrogens is 1. The van der Waals surface area contributed by atoms with Crippen LogP contribution in [0.1, 0.15) is 32.6 Å². The molecule has 0 radical (unpaired) electrons. The average molecular weight is 236 g/mol. The van der Waals surface area contributed by atoms with Crippen LogP contribution in [-0.2, 0) is 4.79 Å². The first kappa shape index (κ1) is 12.1. The topological polar surface area (TPSA) is 69.8 Å². The van der Waals surface area contributed by atoms with Gasteiger partial charge >= 0.3 is 0 Å². The number of hydrogen-bond acceptors (Lipinski definition) is 3. The highest BCUT2D eigenvalue weighted by atomic mass is 16.2. The maximum absolute atomic E-state index is 12.4. The number of hydrogen-bond donors (Lipinski definition) is 3. The van der Waals surface area contributed by atoms with Crippen LogP contribution in [0.25, 0.3) is 0 Å². The van der Waals surface area contributed by atoms with E-state index in [4.69, 9.17) is 0 Å². The Morgan fingerprint density at radius 1 is 1.65 bits per heavy atom. The molecule has 1 atom stereocenters. The molecule has 0 aromatic carbocycles. The largest absolute Gasteiger partial charge is 0.331 e. The fourth-order valence-electron chi connectivity index (χ4n) is 2.54. The molecule has 1 fully saturated rings. The maximum atomic E-state index is 12.4. The molecule has 1 saturated heterocycles. The zero-order valence-corrected chi connectivity index (χ0v) is 10.3. The monoisotopic (exact) mass is 236 g/mol. The van der Waals surface area contributed by atoms with Gasteiger partial charge in [0.05, 0.1) is 5.41 Å². The van der Waals surface area contributed by atoms with Gasteiger partial charge in [-0.2, -0.15) is 0 Å². The molecule has 1 aromatic heterocycles. The van der Waals surface area contributed by atoms with E-state index >= 15 is 0 Å². The second-order valence-corrected chi connectivity index (χ2v) is 4.70. The number of aromatic nitrogens is 2. The second-order valence-electron chi connectivity index (χ2n) is 4.70. The summed E-state index contributed by atoms with van der Waals surface area (Å²) in [5.74, 6) is 0.623. The summed E-state index contributed by atoms with van der Waals surface area (Å²) in [6.45, 7) is 3.91. The molecule has 1 aliphatic rings. The first-order valence-corrected chi connectivity index (χ1v) is 6.28. The zero-order chi connectivity index (χ0) is 12.1. The van der Waals surface area contributed by atoms with Crippen LogP contribution in [0.2, 0.25) is 0 Å². The smallest absolute Gasteiger partial charge is 0.234 e. The van der Waals surface area contributed by atoms with Gasteiger partial charge in [0.2, 0.25) is 11.9 Å². The Kier molecular flexibility index (Phi) is 3.78. The Labute approximate surface area is 101 Å². The highest BCUT2D eigenvalue weighted by molar-refractivity contribution is 5.94. The maximum Gasteiger partial charge on any atom is 0.234 e. The van der Waals surface area contributed by atoms with Crippen molar-refractivity contribution in [3.05, 3.63) is 12.4 Å². The summed E-state index contributed by atoms with van der Waals surface area (Å²) in [7, 11) is 0. The van der Waals surface area contributed by atoms with Crippen molar-refractivity contribution in [2.45, 2.75) is 32.6 Å². The van der Waals surface area contributed by atoms with Crippen molar-refractivity contribution >= 4 is 11.9 Å². The number of imidazole rings is 1. The van der Waals surface area contributed by atoms with Gasteiger partial charge in [-0.1, -0.05) is 13.3 Å². The highest BCUT2D eigenvalue weighted by Gasteiger charge is 2.38. The molecule has 0 saturated carbocycles. The fourth-order valence-corrected chi connectivity index (χ4v) is 2.54. The molecule has 2 rings (SSSR count). The first-order valence-electron chi connectivity index (χ1n) is 6.28. The van der Waals surface area contributed by atoms with E-state index in [1.165, 1.54) is 0 Å². The van der Waals surface area contributed by atoms with Gasteiger partial charge in [-0.05, 0) is 25.8 Å². The van der Waals surface area contributed by atoms with E-state index in [1.54, 1.807) is 12.4 Å². The van der Waals surface area contributed by atoms with Crippen LogP contribution >= 0.6 is 0 Å². The second kappa shape index (κ2) is 5.31. The number of anilines is 1. The summed E-state index contributed by atoms with van der Waals surface area (Å²) in [6, 6.07) is 0. The van der Waals surface area contributed by atoms with Crippen LogP contribution in [0.4, 0.5) is 5.95 Å². The van der Waals surface area contributed by atoms with Gasteiger partial charge in [-0.3, -0.25) is 10.1 Å². The summed E-state index contributed by atoms with van der Waals surface area (Å²) >= 11 is 0. The molecule has 0 bridgehead atoms. The van der Waals surface area contributed by atoms with E-state index < -0.39 is 0 Å². The van der Waals surface area contributed by atoms with E-state index in [0.29, 0.717) is 5.95 Å². The normalized spacial score (nSPS) is 24.5. The van der Waals surface area contributed by atoms with Crippen molar-refractivity contribution in [3.8, 4) is 0 Å². The summed E-state index contributed by atoms with van der Waals surface area (Å²) in [5.41, 5.74) is -0.264. The minimum Gasteiger partial charge on any atom is -0.331 e. The molecule has 1 unspecified atom stereocenters. The van der Waals surface area contributed by atoms with Gasteiger partial charge in [0.1, 0.15) is 0 Å². The van der Waals surface area contributed by atoms with Gasteiger partial charge in [0, 0.05) is 18.9 Å². The van der Waals surface area contributed by atoms with Crippen LogP contribution in [0.3, 0.4) is 0 Å². The Balaban J connectivity index is 2.06. The minimum absolute atomic E-state index is 0.0847. The molecule has 1 amide bonds. The van der Waals surface area contributed by atoms with E-state index in [1.807, 2.05) is 0 Å². The number of piperidine rings is 1. The number of carbonyl (C=O) groups is 1. The molecule has 2 heterocycles. The Morgan fingerprint density at radius 2 is 2.53 bits per heavy atom. The third-order valence-corrected chi connectivity index (χ3v) is 3.41. The van der Waals surface area contributed by atoms with Gasteiger partial charge in [0.15, 0.2) is 0 Å². The van der Waals surface area contributed by atoms with Crippen molar-refractivity contribution in [2.24, 2.45) is 5.41 Å². The first-order chi connectivity index (χ1) is 8.27. The number of amides is 1. The molecular weight excluding hydrogens is 216 g/mol. The summed E-state index contributed by atoms with van der Waals surface area (Å²) < 4.78 is 0. The van der Waals surface area contributed by atoms with E-state index in [9.17, 15) is 4.79 Å². The molecule has 1 aliphatic heterocycles. The van der Waals surface area contributed by atoms with Crippen LogP contribution in [0.15, 0.2) is 12.4 Å². The Morgan fingerprint density at radius 3 is 3.12 bits per heavy atom. The van der Waals surface area contributed by atoms with Crippen LogP contribution in [0.5, 0.6) is 0 Å². The SMILES string of the molecule is CCCC1(C(=O)Nc2ncc[nH]2)CCCNC1. The lowest BCUT2D eigenvalue weighted by Crippen LogP contribution is -2.48. The molecule has 17 heavy (non-hydrogen) atoms. The Bertz CT molecular complexity index is 349. The standard InChI is InChI=1S/C12H20N4O/c1-2-4-12(5-3-6-13-9-12)10(17)16-11-14-7-8-15-11/h7-8,13H,2-6,9H2,1H3,(H2,14,15,16,17).